The van der Waals surface area contributed by atoms with Crippen LogP contribution in [0.1, 0.15) is 11.1 Å². The molecule has 0 saturated heterocycles. The predicted octanol–water partition coefficient (Wildman–Crippen LogP) is 4.49. The molecule has 0 aromatic heterocycles. The van der Waals surface area contributed by atoms with E-state index in [0.29, 0.717) is 12.4 Å². The summed E-state index contributed by atoms with van der Waals surface area (Å²) in [6.45, 7) is 7.96. The zero-order valence-electron chi connectivity index (χ0n) is 10.5. The van der Waals surface area contributed by atoms with Gasteiger partial charge in [-0.05, 0) is 43.2 Å². The minimum Gasteiger partial charge on any atom is -0.507 e. The van der Waals surface area contributed by atoms with Crippen LogP contribution in [0.5, 0.6) is 11.5 Å². The summed E-state index contributed by atoms with van der Waals surface area (Å²) < 4.78 is 6.66. The van der Waals surface area contributed by atoms with Crippen molar-refractivity contribution in [3.63, 3.8) is 0 Å². The van der Waals surface area contributed by atoms with Gasteiger partial charge in [-0.15, -0.1) is 0 Å². The summed E-state index contributed by atoms with van der Waals surface area (Å²) in [6, 6.07) is 5.79. The van der Waals surface area contributed by atoms with E-state index in [2.05, 4.69) is 22.5 Å². The smallest absolute Gasteiger partial charge is 0.131 e. The maximum atomic E-state index is 10.2. The quantitative estimate of drug-likeness (QED) is 0.847. The van der Waals surface area contributed by atoms with E-state index < -0.39 is 0 Å². The maximum absolute atomic E-state index is 10.2. The number of aromatic hydroxyl groups is 1. The number of ether oxygens (including phenoxy) is 1. The highest BCUT2D eigenvalue weighted by atomic mass is 79.9. The number of hydrogen-bond acceptors (Lipinski definition) is 2. The minimum absolute atomic E-state index is 0.315. The number of halogens is 1. The van der Waals surface area contributed by atoms with Crippen LogP contribution >= 0.6 is 15.9 Å². The minimum atomic E-state index is 0.315. The molecule has 18 heavy (non-hydrogen) atoms. The van der Waals surface area contributed by atoms with Crippen molar-refractivity contribution >= 4 is 26.7 Å². The summed E-state index contributed by atoms with van der Waals surface area (Å²) >= 11 is 3.42. The van der Waals surface area contributed by atoms with Crippen molar-refractivity contribution in [3.05, 3.63) is 46.5 Å². The van der Waals surface area contributed by atoms with Crippen molar-refractivity contribution < 1.29 is 9.84 Å². The lowest BCUT2D eigenvalue weighted by Gasteiger charge is -2.15. The highest BCUT2D eigenvalue weighted by Crippen LogP contribution is 2.40. The van der Waals surface area contributed by atoms with Crippen molar-refractivity contribution in [2.45, 2.75) is 13.8 Å². The van der Waals surface area contributed by atoms with Gasteiger partial charge in [-0.2, -0.15) is 0 Å². The van der Waals surface area contributed by atoms with E-state index in [9.17, 15) is 5.11 Å². The zero-order chi connectivity index (χ0) is 13.3. The lowest BCUT2D eigenvalue weighted by atomic mass is 9.99. The van der Waals surface area contributed by atoms with Crippen molar-refractivity contribution in [2.75, 3.05) is 6.61 Å². The Kier molecular flexibility index (Phi) is 3.62. The van der Waals surface area contributed by atoms with Crippen LogP contribution in [0.2, 0.25) is 0 Å². The molecule has 2 aromatic carbocycles. The van der Waals surface area contributed by atoms with Crippen LogP contribution in [0, 0.1) is 13.8 Å². The molecule has 3 heteroatoms. The monoisotopic (exact) mass is 306 g/mol. The topological polar surface area (TPSA) is 29.5 Å². The molecule has 2 aromatic rings. The fourth-order valence-corrected chi connectivity index (χ4v) is 2.35. The summed E-state index contributed by atoms with van der Waals surface area (Å²) in [4.78, 5) is 0. The lowest BCUT2D eigenvalue weighted by Crippen LogP contribution is -1.98. The SMILES string of the molecule is C=CCOc1c(C)c(C)c(O)c2cc(Br)ccc12. The van der Waals surface area contributed by atoms with E-state index in [1.165, 1.54) is 0 Å². The van der Waals surface area contributed by atoms with Crippen LogP contribution < -0.4 is 4.74 Å². The fourth-order valence-electron chi connectivity index (χ4n) is 1.99. The van der Waals surface area contributed by atoms with E-state index in [0.717, 1.165) is 32.1 Å². The molecule has 0 fully saturated rings. The molecule has 0 aliphatic heterocycles. The summed E-state index contributed by atoms with van der Waals surface area (Å²) in [5.41, 5.74) is 1.81. The van der Waals surface area contributed by atoms with Crippen LogP contribution in [0.3, 0.4) is 0 Å². The third kappa shape index (κ3) is 2.10. The molecule has 2 rings (SSSR count). The molecular formula is C15H15BrO2. The second kappa shape index (κ2) is 5.02. The van der Waals surface area contributed by atoms with Crippen LogP contribution in [0.15, 0.2) is 35.3 Å². The molecule has 2 nitrogen and oxygen atoms in total. The van der Waals surface area contributed by atoms with Crippen molar-refractivity contribution in [1.82, 2.24) is 0 Å². The molecule has 94 valence electrons. The van der Waals surface area contributed by atoms with Gasteiger partial charge in [0.2, 0.25) is 0 Å². The number of phenols is 1. The van der Waals surface area contributed by atoms with Gasteiger partial charge in [-0.1, -0.05) is 28.6 Å². The average Bonchev–Trinajstić information content (AvgIpc) is 2.37. The van der Waals surface area contributed by atoms with Crippen molar-refractivity contribution in [2.24, 2.45) is 0 Å². The van der Waals surface area contributed by atoms with E-state index in [1.54, 1.807) is 6.08 Å². The summed E-state index contributed by atoms with van der Waals surface area (Å²) in [5.74, 6) is 1.13. The Bertz CT molecular complexity index is 618. The van der Waals surface area contributed by atoms with Gasteiger partial charge in [0.15, 0.2) is 0 Å². The molecule has 0 saturated carbocycles. The van der Waals surface area contributed by atoms with Gasteiger partial charge in [0, 0.05) is 15.2 Å². The molecule has 0 atom stereocenters. The number of benzene rings is 2. The number of fused-ring (bicyclic) bond motifs is 1. The van der Waals surface area contributed by atoms with Gasteiger partial charge in [0.1, 0.15) is 18.1 Å². The molecule has 0 heterocycles. The Morgan fingerprint density at radius 2 is 2.00 bits per heavy atom. The molecule has 0 unspecified atom stereocenters. The third-order valence-electron chi connectivity index (χ3n) is 3.09. The first-order valence-corrected chi connectivity index (χ1v) is 6.50. The summed E-state index contributed by atoms with van der Waals surface area (Å²) in [5, 5.41) is 11.9. The lowest BCUT2D eigenvalue weighted by molar-refractivity contribution is 0.364. The van der Waals surface area contributed by atoms with Crippen molar-refractivity contribution in [3.8, 4) is 11.5 Å². The molecule has 0 radical (unpaired) electrons. The van der Waals surface area contributed by atoms with E-state index in [4.69, 9.17) is 4.74 Å². The highest BCUT2D eigenvalue weighted by Gasteiger charge is 2.14. The first-order valence-electron chi connectivity index (χ1n) is 5.71. The van der Waals surface area contributed by atoms with Gasteiger partial charge >= 0.3 is 0 Å². The Hall–Kier alpha value is -1.48. The largest absolute Gasteiger partial charge is 0.507 e. The van der Waals surface area contributed by atoms with Crippen LogP contribution in [0.25, 0.3) is 10.8 Å². The normalized spacial score (nSPS) is 10.6. The van der Waals surface area contributed by atoms with E-state index in [-0.39, 0.29) is 0 Å². The van der Waals surface area contributed by atoms with Crippen LogP contribution in [-0.2, 0) is 0 Å². The highest BCUT2D eigenvalue weighted by molar-refractivity contribution is 9.10. The Balaban J connectivity index is 2.78. The first kappa shape index (κ1) is 13.0. The number of phenolic OH excluding ortho intramolecular Hbond substituents is 1. The number of hydrogen-bond donors (Lipinski definition) is 1. The van der Waals surface area contributed by atoms with Gasteiger partial charge in [-0.3, -0.25) is 0 Å². The second-order valence-corrected chi connectivity index (χ2v) is 5.13. The molecule has 0 aliphatic carbocycles. The van der Waals surface area contributed by atoms with E-state index >= 15 is 0 Å². The number of rotatable bonds is 3. The Morgan fingerprint density at radius 1 is 1.28 bits per heavy atom. The standard InChI is InChI=1S/C15H15BrO2/c1-4-7-18-15-10(3)9(2)14(17)13-8-11(16)5-6-12(13)15/h4-6,8,17H,1,7H2,2-3H3. The maximum Gasteiger partial charge on any atom is 0.131 e. The molecule has 0 amide bonds. The zero-order valence-corrected chi connectivity index (χ0v) is 12.0. The molecule has 0 bridgehead atoms. The fraction of sp³-hybridized carbons (Fsp3) is 0.200. The first-order chi connectivity index (χ1) is 8.56. The second-order valence-electron chi connectivity index (χ2n) is 4.22. The third-order valence-corrected chi connectivity index (χ3v) is 3.58. The summed E-state index contributed by atoms with van der Waals surface area (Å²) in [7, 11) is 0. The molecule has 0 spiro atoms. The van der Waals surface area contributed by atoms with Crippen molar-refractivity contribution in [1.29, 1.82) is 0 Å². The van der Waals surface area contributed by atoms with E-state index in [1.807, 2.05) is 32.0 Å². The van der Waals surface area contributed by atoms with Crippen LogP contribution in [-0.4, -0.2) is 11.7 Å². The van der Waals surface area contributed by atoms with Gasteiger partial charge in [0.05, 0.1) is 0 Å². The predicted molar refractivity (Wildman–Crippen MR) is 78.5 cm³/mol. The molecular weight excluding hydrogens is 292 g/mol. The van der Waals surface area contributed by atoms with Crippen LogP contribution in [0.4, 0.5) is 0 Å². The summed E-state index contributed by atoms with van der Waals surface area (Å²) in [6.07, 6.45) is 1.71. The van der Waals surface area contributed by atoms with Gasteiger partial charge in [-0.25, -0.2) is 0 Å². The average molecular weight is 307 g/mol. The van der Waals surface area contributed by atoms with Gasteiger partial charge in [0.25, 0.3) is 0 Å². The van der Waals surface area contributed by atoms with Gasteiger partial charge < -0.3 is 9.84 Å². The molecule has 0 aliphatic rings. The Labute approximate surface area is 115 Å². The Morgan fingerprint density at radius 3 is 2.67 bits per heavy atom. The molecule has 1 N–H and O–H groups in total.